The average Bonchev–Trinajstić information content (AvgIpc) is 2.64. The minimum Gasteiger partial charge on any atom is -0.394 e. The molecular formula is C14H25NO14S. The SMILES string of the molecule is CC(=O)N[C@H]1C(O)O[C@H](CO)[C@H](O)[C@@H]1O[C@@H]1O[C@H](CO)[C@H](O)[C@H](OS(=O)(=O)O)[C@H]1O. The first-order valence-corrected chi connectivity index (χ1v) is 10.1. The Balaban J connectivity index is 2.30. The van der Waals surface area contributed by atoms with E-state index in [-0.39, 0.29) is 0 Å². The first-order valence-electron chi connectivity index (χ1n) is 8.72. The molecule has 2 aliphatic heterocycles. The molecular weight excluding hydrogens is 438 g/mol. The largest absolute Gasteiger partial charge is 0.397 e. The Bertz CT molecular complexity index is 690. The molecule has 10 atom stereocenters. The van der Waals surface area contributed by atoms with Crippen molar-refractivity contribution < 1.29 is 66.8 Å². The number of nitrogens with one attached hydrogen (secondary N) is 1. The Hall–Kier alpha value is -1.02. The van der Waals surface area contributed by atoms with Gasteiger partial charge in [-0.05, 0) is 0 Å². The van der Waals surface area contributed by atoms with Crippen molar-refractivity contribution >= 4 is 16.3 Å². The second-order valence-corrected chi connectivity index (χ2v) is 7.81. The van der Waals surface area contributed by atoms with E-state index in [0.717, 1.165) is 6.92 Å². The Morgan fingerprint density at radius 3 is 2.00 bits per heavy atom. The van der Waals surface area contributed by atoms with Crippen LogP contribution in [-0.2, 0) is 33.6 Å². The lowest BCUT2D eigenvalue weighted by Gasteiger charge is -2.46. The molecule has 0 spiro atoms. The fourth-order valence-electron chi connectivity index (χ4n) is 3.21. The molecule has 0 saturated carbocycles. The number of rotatable bonds is 7. The molecule has 0 radical (unpaired) electrons. The summed E-state index contributed by atoms with van der Waals surface area (Å²) in [5, 5.41) is 61.8. The number of hydrogen-bond acceptors (Lipinski definition) is 13. The van der Waals surface area contributed by atoms with Gasteiger partial charge < -0.3 is 50.2 Å². The molecule has 2 fully saturated rings. The zero-order valence-electron chi connectivity index (χ0n) is 15.6. The summed E-state index contributed by atoms with van der Waals surface area (Å²) in [4.78, 5) is 11.4. The normalized spacial score (nSPS) is 42.7. The molecule has 1 unspecified atom stereocenters. The zero-order valence-corrected chi connectivity index (χ0v) is 16.4. The fraction of sp³-hybridized carbons (Fsp3) is 0.929. The predicted molar refractivity (Wildman–Crippen MR) is 90.6 cm³/mol. The lowest BCUT2D eigenvalue weighted by Crippen LogP contribution is -2.67. The second-order valence-electron chi connectivity index (χ2n) is 6.76. The van der Waals surface area contributed by atoms with E-state index in [1.807, 2.05) is 0 Å². The second kappa shape index (κ2) is 10.1. The van der Waals surface area contributed by atoms with E-state index >= 15 is 0 Å². The van der Waals surface area contributed by atoms with Crippen molar-refractivity contribution in [3.8, 4) is 0 Å². The molecule has 0 bridgehead atoms. The Labute approximate surface area is 170 Å². The molecule has 2 aliphatic rings. The molecule has 1 amide bonds. The highest BCUT2D eigenvalue weighted by atomic mass is 32.3. The summed E-state index contributed by atoms with van der Waals surface area (Å²) in [6, 6.07) is -1.42. The molecule has 176 valence electrons. The Kier molecular flexibility index (Phi) is 8.47. The van der Waals surface area contributed by atoms with Crippen molar-refractivity contribution in [2.75, 3.05) is 13.2 Å². The van der Waals surface area contributed by atoms with Gasteiger partial charge in [-0.25, -0.2) is 4.18 Å². The third-order valence-electron chi connectivity index (χ3n) is 4.59. The molecule has 2 rings (SSSR count). The molecule has 30 heavy (non-hydrogen) atoms. The van der Waals surface area contributed by atoms with Gasteiger partial charge in [-0.1, -0.05) is 0 Å². The minimum absolute atomic E-state index is 0.660. The third-order valence-corrected chi connectivity index (χ3v) is 5.05. The van der Waals surface area contributed by atoms with E-state index in [9.17, 15) is 43.9 Å². The van der Waals surface area contributed by atoms with Crippen LogP contribution in [0.1, 0.15) is 6.92 Å². The fourth-order valence-corrected chi connectivity index (χ4v) is 3.72. The van der Waals surface area contributed by atoms with Crippen LogP contribution < -0.4 is 5.32 Å². The maximum Gasteiger partial charge on any atom is 0.397 e. The smallest absolute Gasteiger partial charge is 0.394 e. The molecule has 2 heterocycles. The van der Waals surface area contributed by atoms with E-state index in [2.05, 4.69) is 9.50 Å². The highest BCUT2D eigenvalue weighted by Gasteiger charge is 2.52. The predicted octanol–water partition coefficient (Wildman–Crippen LogP) is -5.43. The summed E-state index contributed by atoms with van der Waals surface area (Å²) in [5.41, 5.74) is 0. The number of carbonyl (C=O) groups excluding carboxylic acids is 1. The van der Waals surface area contributed by atoms with Gasteiger partial charge >= 0.3 is 10.4 Å². The van der Waals surface area contributed by atoms with Gasteiger partial charge in [0.15, 0.2) is 12.6 Å². The summed E-state index contributed by atoms with van der Waals surface area (Å²) in [6.07, 6.45) is -15.8. The van der Waals surface area contributed by atoms with E-state index in [4.69, 9.17) is 18.8 Å². The standard InChI is InChI=1S/C14H25NO14S/c1-4(18)15-7-11(8(19)5(2-16)26-13(7)22)28-14-10(21)12(29-30(23,24)25)9(20)6(3-17)27-14/h5-14,16-17,19-22H,2-3H2,1H3,(H,15,18)(H,23,24,25)/t5-,6-,7-,8+,9+,10-,11-,12+,13?,14+/m1/s1. The van der Waals surface area contributed by atoms with Gasteiger partial charge in [0, 0.05) is 6.92 Å². The highest BCUT2D eigenvalue weighted by molar-refractivity contribution is 7.80. The topological polar surface area (TPSA) is 242 Å². The number of ether oxygens (including phenoxy) is 3. The lowest BCUT2D eigenvalue weighted by molar-refractivity contribution is -0.339. The van der Waals surface area contributed by atoms with Crippen molar-refractivity contribution in [2.45, 2.75) is 68.3 Å². The van der Waals surface area contributed by atoms with Crippen LogP contribution >= 0.6 is 0 Å². The number of amides is 1. The van der Waals surface area contributed by atoms with Crippen LogP contribution in [0.3, 0.4) is 0 Å². The molecule has 8 N–H and O–H groups in total. The van der Waals surface area contributed by atoms with Crippen LogP contribution in [0, 0.1) is 0 Å². The van der Waals surface area contributed by atoms with Crippen molar-refractivity contribution in [3.63, 3.8) is 0 Å². The van der Waals surface area contributed by atoms with E-state index in [1.54, 1.807) is 0 Å². The molecule has 2 saturated heterocycles. The van der Waals surface area contributed by atoms with Crippen LogP contribution in [0.2, 0.25) is 0 Å². The van der Waals surface area contributed by atoms with Gasteiger partial charge in [0.2, 0.25) is 5.91 Å². The van der Waals surface area contributed by atoms with Crippen LogP contribution in [0.5, 0.6) is 0 Å². The maximum absolute atomic E-state index is 11.4. The molecule has 0 aromatic rings. The number of hydrogen-bond donors (Lipinski definition) is 8. The molecule has 0 aromatic heterocycles. The lowest BCUT2D eigenvalue weighted by atomic mass is 9.95. The Morgan fingerprint density at radius 2 is 1.50 bits per heavy atom. The van der Waals surface area contributed by atoms with Crippen LogP contribution in [0.4, 0.5) is 0 Å². The zero-order chi connectivity index (χ0) is 22.8. The third kappa shape index (κ3) is 5.81. The monoisotopic (exact) mass is 463 g/mol. The van der Waals surface area contributed by atoms with E-state index in [1.165, 1.54) is 0 Å². The van der Waals surface area contributed by atoms with Crippen LogP contribution in [0.25, 0.3) is 0 Å². The van der Waals surface area contributed by atoms with Crippen LogP contribution in [0.15, 0.2) is 0 Å². The quantitative estimate of drug-likeness (QED) is 0.164. The van der Waals surface area contributed by atoms with Gasteiger partial charge in [-0.2, -0.15) is 8.42 Å². The minimum atomic E-state index is -5.15. The van der Waals surface area contributed by atoms with E-state index in [0.29, 0.717) is 0 Å². The summed E-state index contributed by atoms with van der Waals surface area (Å²) in [7, 11) is -5.15. The summed E-state index contributed by atoms with van der Waals surface area (Å²) in [6.45, 7) is -0.549. The van der Waals surface area contributed by atoms with Gasteiger partial charge in [0.25, 0.3) is 0 Å². The molecule has 0 aromatic carbocycles. The van der Waals surface area contributed by atoms with Crippen LogP contribution in [-0.4, -0.2) is 124 Å². The highest BCUT2D eigenvalue weighted by Crippen LogP contribution is 2.30. The van der Waals surface area contributed by atoms with Crippen molar-refractivity contribution in [1.82, 2.24) is 5.32 Å². The number of carbonyl (C=O) groups is 1. The average molecular weight is 463 g/mol. The summed E-state index contributed by atoms with van der Waals surface area (Å²) >= 11 is 0. The van der Waals surface area contributed by atoms with Gasteiger partial charge in [-0.15, -0.1) is 0 Å². The molecule has 15 nitrogen and oxygen atoms in total. The number of aliphatic hydroxyl groups excluding tert-OH is 6. The Morgan fingerprint density at radius 1 is 0.967 bits per heavy atom. The summed E-state index contributed by atoms with van der Waals surface area (Å²) in [5.74, 6) is -0.660. The van der Waals surface area contributed by atoms with Crippen molar-refractivity contribution in [3.05, 3.63) is 0 Å². The molecule has 16 heteroatoms. The summed E-state index contributed by atoms with van der Waals surface area (Å²) < 4.78 is 50.8. The van der Waals surface area contributed by atoms with Gasteiger partial charge in [0.1, 0.15) is 48.8 Å². The first-order chi connectivity index (χ1) is 13.9. The van der Waals surface area contributed by atoms with Gasteiger partial charge in [-0.3, -0.25) is 9.35 Å². The van der Waals surface area contributed by atoms with Gasteiger partial charge in [0.05, 0.1) is 13.2 Å². The first kappa shape index (κ1) is 25.2. The molecule has 0 aliphatic carbocycles. The van der Waals surface area contributed by atoms with Crippen molar-refractivity contribution in [1.29, 1.82) is 0 Å². The maximum atomic E-state index is 11.4. The number of aliphatic hydroxyl groups is 6. The van der Waals surface area contributed by atoms with E-state index < -0.39 is 90.9 Å². The van der Waals surface area contributed by atoms with Crippen molar-refractivity contribution in [2.24, 2.45) is 0 Å².